The van der Waals surface area contributed by atoms with Crippen LogP contribution in [0.4, 0.5) is 0 Å². The Balaban J connectivity index is 1.58. The molecule has 0 spiro atoms. The molecular weight excluding hydrogens is 442 g/mol. The summed E-state index contributed by atoms with van der Waals surface area (Å²) in [7, 11) is 0. The lowest BCUT2D eigenvalue weighted by Gasteiger charge is -2.21. The van der Waals surface area contributed by atoms with Gasteiger partial charge in [0.15, 0.2) is 0 Å². The number of rotatable bonds is 13. The van der Waals surface area contributed by atoms with Gasteiger partial charge in [0.25, 0.3) is 0 Å². The molecule has 3 aromatic rings. The lowest BCUT2D eigenvalue weighted by molar-refractivity contribution is -0.145. The van der Waals surface area contributed by atoms with Crippen LogP contribution in [0.15, 0.2) is 91.0 Å². The van der Waals surface area contributed by atoms with Gasteiger partial charge in [0.1, 0.15) is 6.61 Å². The van der Waals surface area contributed by atoms with E-state index in [-0.39, 0.29) is 31.9 Å². The second-order valence-electron chi connectivity index (χ2n) is 8.53. The quantitative estimate of drug-likeness (QED) is 0.358. The maximum atomic E-state index is 13.1. The first kappa shape index (κ1) is 25.7. The third kappa shape index (κ3) is 9.08. The SMILES string of the molecule is O=C(CCNC(=O)C(Cc1ccccc1)CC(Cc1ccccc1)C(=O)O)OCc1ccccc1. The van der Waals surface area contributed by atoms with Crippen molar-refractivity contribution in [3.05, 3.63) is 108 Å². The molecule has 0 fully saturated rings. The van der Waals surface area contributed by atoms with Crippen LogP contribution < -0.4 is 5.32 Å². The number of hydrogen-bond donors (Lipinski definition) is 2. The highest BCUT2D eigenvalue weighted by Crippen LogP contribution is 2.22. The first-order valence-corrected chi connectivity index (χ1v) is 11.8. The van der Waals surface area contributed by atoms with Crippen LogP contribution in [-0.4, -0.2) is 29.5 Å². The summed E-state index contributed by atoms with van der Waals surface area (Å²) in [5.41, 5.74) is 2.77. The Morgan fingerprint density at radius 3 is 1.71 bits per heavy atom. The minimum Gasteiger partial charge on any atom is -0.481 e. The van der Waals surface area contributed by atoms with Crippen molar-refractivity contribution < 1.29 is 24.2 Å². The molecule has 0 aliphatic carbocycles. The number of carboxylic acids is 1. The summed E-state index contributed by atoms with van der Waals surface area (Å²) in [6.07, 6.45) is 1.01. The average Bonchev–Trinajstić information content (AvgIpc) is 2.88. The van der Waals surface area contributed by atoms with E-state index >= 15 is 0 Å². The van der Waals surface area contributed by atoms with E-state index in [1.54, 1.807) is 0 Å². The fourth-order valence-electron chi connectivity index (χ4n) is 3.94. The molecule has 6 heteroatoms. The Bertz CT molecular complexity index is 1070. The van der Waals surface area contributed by atoms with Crippen LogP contribution in [0.2, 0.25) is 0 Å². The van der Waals surface area contributed by atoms with Gasteiger partial charge in [-0.15, -0.1) is 0 Å². The van der Waals surface area contributed by atoms with E-state index < -0.39 is 23.8 Å². The second-order valence-corrected chi connectivity index (χ2v) is 8.53. The van der Waals surface area contributed by atoms with E-state index in [0.29, 0.717) is 12.8 Å². The van der Waals surface area contributed by atoms with Crippen LogP contribution in [0.25, 0.3) is 0 Å². The molecule has 2 atom stereocenters. The predicted octanol–water partition coefficient (Wildman–Crippen LogP) is 4.43. The number of benzene rings is 3. The summed E-state index contributed by atoms with van der Waals surface area (Å²) in [6, 6.07) is 28.3. The van der Waals surface area contributed by atoms with E-state index in [1.807, 2.05) is 91.0 Å². The zero-order valence-electron chi connectivity index (χ0n) is 19.6. The summed E-state index contributed by atoms with van der Waals surface area (Å²) in [5, 5.41) is 12.6. The molecule has 6 nitrogen and oxygen atoms in total. The average molecular weight is 474 g/mol. The highest BCUT2D eigenvalue weighted by Gasteiger charge is 2.28. The first-order chi connectivity index (χ1) is 17.0. The third-order valence-electron chi connectivity index (χ3n) is 5.81. The van der Waals surface area contributed by atoms with Gasteiger partial charge >= 0.3 is 11.9 Å². The van der Waals surface area contributed by atoms with Crippen molar-refractivity contribution in [1.29, 1.82) is 0 Å². The minimum absolute atomic E-state index is 0.0446. The number of hydrogen-bond acceptors (Lipinski definition) is 4. The molecule has 0 saturated heterocycles. The van der Waals surface area contributed by atoms with Gasteiger partial charge in [-0.2, -0.15) is 0 Å². The molecule has 1 amide bonds. The van der Waals surface area contributed by atoms with E-state index in [9.17, 15) is 19.5 Å². The van der Waals surface area contributed by atoms with E-state index in [4.69, 9.17) is 4.74 Å². The van der Waals surface area contributed by atoms with Gasteiger partial charge in [-0.3, -0.25) is 14.4 Å². The van der Waals surface area contributed by atoms with Crippen LogP contribution in [0.5, 0.6) is 0 Å². The van der Waals surface area contributed by atoms with Crippen LogP contribution in [0.3, 0.4) is 0 Å². The smallest absolute Gasteiger partial charge is 0.307 e. The fraction of sp³-hybridized carbons (Fsp3) is 0.276. The highest BCUT2D eigenvalue weighted by molar-refractivity contribution is 5.81. The summed E-state index contributed by atoms with van der Waals surface area (Å²) in [4.78, 5) is 37.2. The molecule has 3 rings (SSSR count). The number of nitrogens with one attached hydrogen (secondary N) is 1. The molecule has 35 heavy (non-hydrogen) atoms. The third-order valence-corrected chi connectivity index (χ3v) is 5.81. The largest absolute Gasteiger partial charge is 0.481 e. The molecule has 0 aliphatic heterocycles. The number of ether oxygens (including phenoxy) is 1. The normalized spacial score (nSPS) is 12.3. The van der Waals surface area contributed by atoms with Gasteiger partial charge in [0, 0.05) is 12.5 Å². The second kappa shape index (κ2) is 13.7. The molecule has 2 N–H and O–H groups in total. The highest BCUT2D eigenvalue weighted by atomic mass is 16.5. The van der Waals surface area contributed by atoms with E-state index in [0.717, 1.165) is 16.7 Å². The van der Waals surface area contributed by atoms with Gasteiger partial charge in [0.2, 0.25) is 5.91 Å². The number of carboxylic acid groups (broad SMARTS) is 1. The van der Waals surface area contributed by atoms with Crippen LogP contribution in [-0.2, 0) is 38.6 Å². The van der Waals surface area contributed by atoms with Crippen molar-refractivity contribution in [1.82, 2.24) is 5.32 Å². The lowest BCUT2D eigenvalue weighted by Crippen LogP contribution is -2.36. The van der Waals surface area contributed by atoms with Crippen molar-refractivity contribution in [3.8, 4) is 0 Å². The Kier molecular flexibility index (Phi) is 10.1. The topological polar surface area (TPSA) is 92.7 Å². The zero-order valence-corrected chi connectivity index (χ0v) is 19.6. The number of amides is 1. The van der Waals surface area contributed by atoms with Gasteiger partial charge in [0.05, 0.1) is 12.3 Å². The van der Waals surface area contributed by atoms with Gasteiger partial charge < -0.3 is 15.2 Å². The summed E-state index contributed by atoms with van der Waals surface area (Å²) >= 11 is 0. The van der Waals surface area contributed by atoms with Crippen molar-refractivity contribution in [2.24, 2.45) is 11.8 Å². The maximum Gasteiger partial charge on any atom is 0.307 e. The molecule has 0 bridgehead atoms. The molecule has 0 saturated carbocycles. The predicted molar refractivity (Wildman–Crippen MR) is 133 cm³/mol. The Hall–Kier alpha value is -3.93. The standard InChI is InChI=1S/C29H31NO5/c31-27(35-21-24-14-8-3-9-15-24)16-17-30-28(32)25(18-22-10-4-1-5-11-22)20-26(29(33)34)19-23-12-6-2-7-13-23/h1-15,25-26H,16-21H2,(H,30,32)(H,33,34). The number of carbonyl (C=O) groups excluding carboxylic acids is 2. The van der Waals surface area contributed by atoms with Crippen molar-refractivity contribution in [3.63, 3.8) is 0 Å². The fourth-order valence-corrected chi connectivity index (χ4v) is 3.94. The Labute approximate surface area is 206 Å². The van der Waals surface area contributed by atoms with Crippen LogP contribution in [0, 0.1) is 11.8 Å². The minimum atomic E-state index is -0.927. The van der Waals surface area contributed by atoms with Crippen molar-refractivity contribution in [2.75, 3.05) is 6.54 Å². The van der Waals surface area contributed by atoms with E-state index in [2.05, 4.69) is 5.32 Å². The van der Waals surface area contributed by atoms with Gasteiger partial charge in [-0.1, -0.05) is 91.0 Å². The lowest BCUT2D eigenvalue weighted by atomic mass is 9.85. The Morgan fingerprint density at radius 1 is 0.714 bits per heavy atom. The summed E-state index contributed by atoms with van der Waals surface area (Å²) < 4.78 is 5.26. The molecule has 2 unspecified atom stereocenters. The first-order valence-electron chi connectivity index (χ1n) is 11.8. The van der Waals surface area contributed by atoms with Crippen molar-refractivity contribution in [2.45, 2.75) is 32.3 Å². The maximum absolute atomic E-state index is 13.1. The van der Waals surface area contributed by atoms with Gasteiger partial charge in [-0.25, -0.2) is 0 Å². The zero-order chi connectivity index (χ0) is 24.9. The molecule has 3 aromatic carbocycles. The molecule has 0 aromatic heterocycles. The Morgan fingerprint density at radius 2 is 1.20 bits per heavy atom. The molecule has 0 radical (unpaired) electrons. The van der Waals surface area contributed by atoms with Gasteiger partial charge in [-0.05, 0) is 36.0 Å². The van der Waals surface area contributed by atoms with Crippen LogP contribution >= 0.6 is 0 Å². The summed E-state index contributed by atoms with van der Waals surface area (Å²) in [5.74, 6) is -2.83. The van der Waals surface area contributed by atoms with Crippen molar-refractivity contribution >= 4 is 17.8 Å². The number of aliphatic carboxylic acids is 1. The molecule has 182 valence electrons. The number of carbonyl (C=O) groups is 3. The van der Waals surface area contributed by atoms with E-state index in [1.165, 1.54) is 0 Å². The molecule has 0 heterocycles. The van der Waals surface area contributed by atoms with Crippen LogP contribution in [0.1, 0.15) is 29.5 Å². The number of esters is 1. The monoisotopic (exact) mass is 473 g/mol. The summed E-state index contributed by atoms with van der Waals surface area (Å²) in [6.45, 7) is 0.318. The molecular formula is C29H31NO5. The molecule has 0 aliphatic rings.